The van der Waals surface area contributed by atoms with E-state index in [1.165, 1.54) is 0 Å². The molecule has 0 radical (unpaired) electrons. The van der Waals surface area contributed by atoms with Crippen molar-refractivity contribution in [3.8, 4) is 5.69 Å². The van der Waals surface area contributed by atoms with E-state index in [0.717, 1.165) is 24.2 Å². The van der Waals surface area contributed by atoms with Crippen molar-refractivity contribution in [3.05, 3.63) is 47.8 Å². The number of methoxy groups -OCH3 is 1. The summed E-state index contributed by atoms with van der Waals surface area (Å²) in [7, 11) is 5.70. The number of nitrogens with zero attached hydrogens (tertiary/aromatic N) is 4. The van der Waals surface area contributed by atoms with Crippen LogP contribution in [0.4, 0.5) is 0 Å². The zero-order chi connectivity index (χ0) is 18.0. The van der Waals surface area contributed by atoms with E-state index in [4.69, 9.17) is 4.74 Å². The van der Waals surface area contributed by atoms with E-state index in [2.05, 4.69) is 17.0 Å². The Bertz CT molecular complexity index is 725. The zero-order valence-electron chi connectivity index (χ0n) is 15.3. The van der Waals surface area contributed by atoms with Gasteiger partial charge < -0.3 is 9.64 Å². The molecule has 1 aromatic heterocycles. The fourth-order valence-electron chi connectivity index (χ4n) is 3.34. The van der Waals surface area contributed by atoms with Crippen LogP contribution < -0.4 is 0 Å². The van der Waals surface area contributed by atoms with Crippen LogP contribution in [-0.4, -0.2) is 71.9 Å². The molecule has 0 spiro atoms. The molecule has 1 amide bonds. The maximum atomic E-state index is 12.7. The number of amides is 1. The number of hydrogen-bond acceptors (Lipinski definition) is 4. The number of ether oxygens (including phenoxy) is 1. The first-order valence-corrected chi connectivity index (χ1v) is 8.58. The number of aryl methyl sites for hydroxylation is 1. The summed E-state index contributed by atoms with van der Waals surface area (Å²) in [6.45, 7) is 3.63. The molecule has 0 saturated carbocycles. The standard InChI is InChI=1S/C19H26N4O2/c1-14-10-20-23(11-14)16-7-5-15(6-8-16)19(24)22(3)12-17-9-18(25-4)13-21(17)2/h5-8,10-11,17-18H,9,12-13H2,1-4H3/t17-,18-/m0/s1. The maximum Gasteiger partial charge on any atom is 0.253 e. The number of benzene rings is 1. The summed E-state index contributed by atoms with van der Waals surface area (Å²) in [5.74, 6) is 0.0393. The van der Waals surface area contributed by atoms with Crippen LogP contribution in [0, 0.1) is 6.92 Å². The Balaban J connectivity index is 1.64. The minimum atomic E-state index is 0.0393. The third kappa shape index (κ3) is 3.91. The number of carbonyl (C=O) groups is 1. The molecule has 1 aromatic carbocycles. The van der Waals surface area contributed by atoms with E-state index in [1.807, 2.05) is 55.3 Å². The largest absolute Gasteiger partial charge is 0.380 e. The third-order valence-electron chi connectivity index (χ3n) is 4.91. The van der Waals surface area contributed by atoms with E-state index < -0.39 is 0 Å². The molecule has 3 rings (SSSR count). The van der Waals surface area contributed by atoms with Crippen molar-refractivity contribution in [1.82, 2.24) is 19.6 Å². The molecular formula is C19H26N4O2. The van der Waals surface area contributed by atoms with Crippen molar-refractivity contribution < 1.29 is 9.53 Å². The quantitative estimate of drug-likeness (QED) is 0.834. The Morgan fingerprint density at radius 1 is 1.36 bits per heavy atom. The first-order valence-electron chi connectivity index (χ1n) is 8.58. The second-order valence-electron chi connectivity index (χ2n) is 6.88. The number of likely N-dealkylation sites (N-methyl/N-ethyl adjacent to an activating group) is 2. The fraction of sp³-hybridized carbons (Fsp3) is 0.474. The molecule has 6 heteroatoms. The Morgan fingerprint density at radius 2 is 2.08 bits per heavy atom. The summed E-state index contributed by atoms with van der Waals surface area (Å²) >= 11 is 0. The summed E-state index contributed by atoms with van der Waals surface area (Å²) in [5, 5.41) is 4.29. The lowest BCUT2D eigenvalue weighted by Crippen LogP contribution is -2.39. The van der Waals surface area contributed by atoms with Gasteiger partial charge in [-0.2, -0.15) is 5.10 Å². The third-order valence-corrected chi connectivity index (χ3v) is 4.91. The summed E-state index contributed by atoms with van der Waals surface area (Å²) in [6, 6.07) is 7.92. The van der Waals surface area contributed by atoms with Crippen LogP contribution in [0.15, 0.2) is 36.7 Å². The summed E-state index contributed by atoms with van der Waals surface area (Å²) in [4.78, 5) is 16.8. The van der Waals surface area contributed by atoms with Crippen molar-refractivity contribution in [2.45, 2.75) is 25.5 Å². The highest BCUT2D eigenvalue weighted by Crippen LogP contribution is 2.19. The first-order chi connectivity index (χ1) is 12.0. The maximum absolute atomic E-state index is 12.7. The molecule has 2 aromatic rings. The second-order valence-corrected chi connectivity index (χ2v) is 6.88. The summed E-state index contributed by atoms with van der Waals surface area (Å²) < 4.78 is 7.25. The molecule has 0 N–H and O–H groups in total. The van der Waals surface area contributed by atoms with Gasteiger partial charge in [0, 0.05) is 45.0 Å². The molecule has 0 aliphatic carbocycles. The molecule has 25 heavy (non-hydrogen) atoms. The second kappa shape index (κ2) is 7.37. The average Bonchev–Trinajstić information content (AvgIpc) is 3.20. The molecule has 1 saturated heterocycles. The highest BCUT2D eigenvalue weighted by atomic mass is 16.5. The highest BCUT2D eigenvalue weighted by Gasteiger charge is 2.31. The number of likely N-dealkylation sites (tertiary alicyclic amines) is 1. The predicted molar refractivity (Wildman–Crippen MR) is 97.1 cm³/mol. The summed E-state index contributed by atoms with van der Waals surface area (Å²) in [5.41, 5.74) is 2.75. The Kier molecular flexibility index (Phi) is 5.20. The molecular weight excluding hydrogens is 316 g/mol. The van der Waals surface area contributed by atoms with Gasteiger partial charge in [0.25, 0.3) is 5.91 Å². The monoisotopic (exact) mass is 342 g/mol. The molecule has 2 heterocycles. The number of carbonyl (C=O) groups excluding carboxylic acids is 1. The predicted octanol–water partition coefficient (Wildman–Crippen LogP) is 1.97. The van der Waals surface area contributed by atoms with E-state index in [-0.39, 0.29) is 12.0 Å². The van der Waals surface area contributed by atoms with Crippen molar-refractivity contribution in [2.24, 2.45) is 0 Å². The highest BCUT2D eigenvalue weighted by molar-refractivity contribution is 5.94. The SMILES string of the molecule is CO[C@H]1C[C@@H](CN(C)C(=O)c2ccc(-n3cc(C)cn3)cc2)N(C)C1. The molecule has 1 aliphatic rings. The van der Waals surface area contributed by atoms with E-state index in [1.54, 1.807) is 12.0 Å². The van der Waals surface area contributed by atoms with Gasteiger partial charge >= 0.3 is 0 Å². The van der Waals surface area contributed by atoms with Crippen molar-refractivity contribution >= 4 is 5.91 Å². The van der Waals surface area contributed by atoms with E-state index in [9.17, 15) is 4.79 Å². The Labute approximate surface area is 149 Å². The van der Waals surface area contributed by atoms with Gasteiger partial charge in [-0.3, -0.25) is 9.69 Å². The first kappa shape index (κ1) is 17.6. The molecule has 2 atom stereocenters. The van der Waals surface area contributed by atoms with Crippen LogP contribution in [0.3, 0.4) is 0 Å². The minimum absolute atomic E-state index is 0.0393. The van der Waals surface area contributed by atoms with Gasteiger partial charge in [-0.25, -0.2) is 4.68 Å². The minimum Gasteiger partial charge on any atom is -0.380 e. The topological polar surface area (TPSA) is 50.6 Å². The van der Waals surface area contributed by atoms with Crippen LogP contribution in [0.2, 0.25) is 0 Å². The lowest BCUT2D eigenvalue weighted by molar-refractivity contribution is 0.0760. The van der Waals surface area contributed by atoms with Gasteiger partial charge in [0.1, 0.15) is 0 Å². The molecule has 1 aliphatic heterocycles. The summed E-state index contributed by atoms with van der Waals surface area (Å²) in [6.07, 6.45) is 5.00. The van der Waals surface area contributed by atoms with Crippen molar-refractivity contribution in [3.63, 3.8) is 0 Å². The molecule has 134 valence electrons. The van der Waals surface area contributed by atoms with Gasteiger partial charge in [0.15, 0.2) is 0 Å². The van der Waals surface area contributed by atoms with E-state index >= 15 is 0 Å². The van der Waals surface area contributed by atoms with Gasteiger partial charge in [-0.15, -0.1) is 0 Å². The smallest absolute Gasteiger partial charge is 0.253 e. The van der Waals surface area contributed by atoms with Crippen molar-refractivity contribution in [2.75, 3.05) is 34.3 Å². The van der Waals surface area contributed by atoms with E-state index in [0.29, 0.717) is 18.2 Å². The lowest BCUT2D eigenvalue weighted by Gasteiger charge is -2.25. The lowest BCUT2D eigenvalue weighted by atomic mass is 10.1. The van der Waals surface area contributed by atoms with Crippen LogP contribution in [0.25, 0.3) is 5.69 Å². The van der Waals surface area contributed by atoms with Crippen molar-refractivity contribution in [1.29, 1.82) is 0 Å². The van der Waals surface area contributed by atoms with Crippen LogP contribution in [-0.2, 0) is 4.74 Å². The number of hydrogen-bond donors (Lipinski definition) is 0. The number of rotatable bonds is 5. The van der Waals surface area contributed by atoms with Gasteiger partial charge in [-0.1, -0.05) is 0 Å². The fourth-order valence-corrected chi connectivity index (χ4v) is 3.34. The average molecular weight is 342 g/mol. The van der Waals surface area contributed by atoms with Gasteiger partial charge in [0.2, 0.25) is 0 Å². The molecule has 0 unspecified atom stereocenters. The molecule has 1 fully saturated rings. The Hall–Kier alpha value is -2.18. The Morgan fingerprint density at radius 3 is 2.64 bits per heavy atom. The molecule has 0 bridgehead atoms. The van der Waals surface area contributed by atoms with Crippen LogP contribution >= 0.6 is 0 Å². The molecule has 6 nitrogen and oxygen atoms in total. The van der Waals surface area contributed by atoms with Crippen LogP contribution in [0.5, 0.6) is 0 Å². The normalized spacial score (nSPS) is 20.8. The zero-order valence-corrected chi connectivity index (χ0v) is 15.3. The van der Waals surface area contributed by atoms with Crippen LogP contribution in [0.1, 0.15) is 22.3 Å². The number of aromatic nitrogens is 2. The van der Waals surface area contributed by atoms with Gasteiger partial charge in [0.05, 0.1) is 18.0 Å². The van der Waals surface area contributed by atoms with Gasteiger partial charge in [-0.05, 0) is 50.2 Å².